The van der Waals surface area contributed by atoms with E-state index in [0.717, 1.165) is 16.9 Å². The summed E-state index contributed by atoms with van der Waals surface area (Å²) in [5.41, 5.74) is 3.06. The fourth-order valence-corrected chi connectivity index (χ4v) is 2.76. The minimum absolute atomic E-state index is 0.201. The van der Waals surface area contributed by atoms with Gasteiger partial charge in [-0.3, -0.25) is 0 Å². The molecule has 0 N–H and O–H groups in total. The number of nitrogens with zero attached hydrogens (tertiary/aromatic N) is 2. The summed E-state index contributed by atoms with van der Waals surface area (Å²) in [5.74, 6) is 2.24. The summed E-state index contributed by atoms with van der Waals surface area (Å²) in [6, 6.07) is 25.6. The van der Waals surface area contributed by atoms with Crippen molar-refractivity contribution in [2.75, 3.05) is 7.11 Å². The van der Waals surface area contributed by atoms with Crippen LogP contribution in [0, 0.1) is 0 Å². The van der Waals surface area contributed by atoms with Crippen molar-refractivity contribution in [3.63, 3.8) is 0 Å². The molecule has 5 nitrogen and oxygen atoms in total. The normalized spacial score (nSPS) is 10.6. The van der Waals surface area contributed by atoms with Crippen molar-refractivity contribution in [2.24, 2.45) is 0 Å². The van der Waals surface area contributed by atoms with Gasteiger partial charge in [-0.05, 0) is 35.4 Å². The van der Waals surface area contributed by atoms with E-state index < -0.39 is 0 Å². The van der Waals surface area contributed by atoms with E-state index in [2.05, 4.69) is 22.3 Å². The average Bonchev–Trinajstić information content (AvgIpc) is 3.22. The maximum Gasteiger partial charge on any atom is 0.254 e. The number of methoxy groups -OCH3 is 1. The monoisotopic (exact) mass is 358 g/mol. The van der Waals surface area contributed by atoms with Gasteiger partial charge in [0.1, 0.15) is 11.5 Å². The van der Waals surface area contributed by atoms with Crippen LogP contribution in [0.2, 0.25) is 0 Å². The first-order valence-corrected chi connectivity index (χ1v) is 8.57. The highest BCUT2D eigenvalue weighted by Gasteiger charge is 2.13. The minimum Gasteiger partial charge on any atom is -0.496 e. The quantitative estimate of drug-likeness (QED) is 0.486. The molecule has 1 aromatic heterocycles. The summed E-state index contributed by atoms with van der Waals surface area (Å²) in [7, 11) is 1.61. The number of benzene rings is 3. The van der Waals surface area contributed by atoms with E-state index in [1.54, 1.807) is 7.11 Å². The van der Waals surface area contributed by atoms with E-state index in [4.69, 9.17) is 13.9 Å². The Balaban J connectivity index is 1.43. The third-order valence-corrected chi connectivity index (χ3v) is 4.13. The van der Waals surface area contributed by atoms with Crippen LogP contribution in [0.3, 0.4) is 0 Å². The minimum atomic E-state index is 0.201. The van der Waals surface area contributed by atoms with Gasteiger partial charge in [0.2, 0.25) is 0 Å². The van der Waals surface area contributed by atoms with Gasteiger partial charge in [-0.2, -0.15) is 0 Å². The fourth-order valence-electron chi connectivity index (χ4n) is 2.76. The van der Waals surface area contributed by atoms with Crippen molar-refractivity contribution in [3.05, 3.63) is 84.8 Å². The maximum atomic E-state index is 5.76. The molecule has 27 heavy (non-hydrogen) atoms. The predicted octanol–water partition coefficient (Wildman–Crippen LogP) is 4.99. The first kappa shape index (κ1) is 16.8. The molecule has 0 atom stereocenters. The van der Waals surface area contributed by atoms with Gasteiger partial charge in [-0.1, -0.05) is 54.6 Å². The lowest BCUT2D eigenvalue weighted by Crippen LogP contribution is -1.95. The van der Waals surface area contributed by atoms with Crippen LogP contribution in [0.1, 0.15) is 5.89 Å². The number of para-hydroxylation sites is 1. The van der Waals surface area contributed by atoms with E-state index in [1.165, 1.54) is 5.56 Å². The first-order chi connectivity index (χ1) is 13.3. The fraction of sp³-hybridized carbons (Fsp3) is 0.0909. The molecule has 0 radical (unpaired) electrons. The van der Waals surface area contributed by atoms with Crippen LogP contribution in [0.5, 0.6) is 11.5 Å². The molecular weight excluding hydrogens is 340 g/mol. The molecular formula is C22H18N2O3. The zero-order chi connectivity index (χ0) is 18.5. The molecule has 5 heteroatoms. The Kier molecular flexibility index (Phi) is 4.83. The van der Waals surface area contributed by atoms with E-state index in [-0.39, 0.29) is 6.61 Å². The highest BCUT2D eigenvalue weighted by molar-refractivity contribution is 5.64. The Morgan fingerprint density at radius 1 is 0.778 bits per heavy atom. The molecule has 134 valence electrons. The predicted molar refractivity (Wildman–Crippen MR) is 102 cm³/mol. The Morgan fingerprint density at radius 3 is 2.26 bits per heavy atom. The van der Waals surface area contributed by atoms with Gasteiger partial charge < -0.3 is 13.9 Å². The molecule has 0 amide bonds. The van der Waals surface area contributed by atoms with Gasteiger partial charge in [0.25, 0.3) is 11.8 Å². The highest BCUT2D eigenvalue weighted by Crippen LogP contribution is 2.28. The molecule has 0 aliphatic rings. The summed E-state index contributed by atoms with van der Waals surface area (Å²) in [6.07, 6.45) is 0. The van der Waals surface area contributed by atoms with Gasteiger partial charge in [-0.15, -0.1) is 10.2 Å². The maximum absolute atomic E-state index is 5.76. The van der Waals surface area contributed by atoms with Crippen LogP contribution in [-0.2, 0) is 6.61 Å². The number of ether oxygens (including phenoxy) is 2. The van der Waals surface area contributed by atoms with Crippen molar-refractivity contribution in [3.8, 4) is 34.1 Å². The summed E-state index contributed by atoms with van der Waals surface area (Å²) in [4.78, 5) is 0. The molecule has 0 spiro atoms. The van der Waals surface area contributed by atoms with Crippen molar-refractivity contribution in [2.45, 2.75) is 6.61 Å². The number of rotatable bonds is 6. The second-order valence-corrected chi connectivity index (χ2v) is 5.88. The standard InChI is InChI=1S/C22H18N2O3/c1-25-20-10-6-5-9-19(20)22-24-23-21(27-22)15-26-18-13-11-17(12-14-18)16-7-3-2-4-8-16/h2-14H,15H2,1H3. The molecule has 0 unspecified atom stereocenters. The first-order valence-electron chi connectivity index (χ1n) is 8.57. The van der Waals surface area contributed by atoms with Gasteiger partial charge in [0.05, 0.1) is 12.7 Å². The summed E-state index contributed by atoms with van der Waals surface area (Å²) in [5, 5.41) is 8.14. The second-order valence-electron chi connectivity index (χ2n) is 5.88. The van der Waals surface area contributed by atoms with Gasteiger partial charge in [0.15, 0.2) is 6.61 Å². The Bertz CT molecular complexity index is 1010. The van der Waals surface area contributed by atoms with E-state index in [0.29, 0.717) is 17.5 Å². The Hall–Kier alpha value is -3.60. The van der Waals surface area contributed by atoms with E-state index >= 15 is 0 Å². The molecule has 0 saturated carbocycles. The molecule has 0 aliphatic carbocycles. The number of hydrogen-bond donors (Lipinski definition) is 0. The van der Waals surface area contributed by atoms with Gasteiger partial charge in [-0.25, -0.2) is 0 Å². The lowest BCUT2D eigenvalue weighted by Gasteiger charge is -2.06. The number of hydrogen-bond acceptors (Lipinski definition) is 5. The van der Waals surface area contributed by atoms with Crippen LogP contribution in [-0.4, -0.2) is 17.3 Å². The summed E-state index contributed by atoms with van der Waals surface area (Å²) >= 11 is 0. The smallest absolute Gasteiger partial charge is 0.254 e. The summed E-state index contributed by atoms with van der Waals surface area (Å²) in [6.45, 7) is 0.201. The largest absolute Gasteiger partial charge is 0.496 e. The molecule has 4 rings (SSSR count). The molecule has 3 aromatic carbocycles. The lowest BCUT2D eigenvalue weighted by molar-refractivity contribution is 0.264. The van der Waals surface area contributed by atoms with Crippen LogP contribution >= 0.6 is 0 Å². The van der Waals surface area contributed by atoms with Crippen LogP contribution in [0.15, 0.2) is 83.3 Å². The SMILES string of the molecule is COc1ccccc1-c1nnc(COc2ccc(-c3ccccc3)cc2)o1. The third kappa shape index (κ3) is 3.82. The van der Waals surface area contributed by atoms with E-state index in [9.17, 15) is 0 Å². The zero-order valence-electron chi connectivity index (χ0n) is 14.8. The highest BCUT2D eigenvalue weighted by atomic mass is 16.5. The Morgan fingerprint density at radius 2 is 1.48 bits per heavy atom. The molecule has 4 aromatic rings. The van der Waals surface area contributed by atoms with Crippen molar-refractivity contribution < 1.29 is 13.9 Å². The van der Waals surface area contributed by atoms with Crippen LogP contribution in [0.25, 0.3) is 22.6 Å². The van der Waals surface area contributed by atoms with Crippen molar-refractivity contribution in [1.82, 2.24) is 10.2 Å². The van der Waals surface area contributed by atoms with Crippen LogP contribution in [0.4, 0.5) is 0 Å². The van der Waals surface area contributed by atoms with Crippen molar-refractivity contribution >= 4 is 0 Å². The van der Waals surface area contributed by atoms with E-state index in [1.807, 2.05) is 66.7 Å². The van der Waals surface area contributed by atoms with Gasteiger partial charge in [0, 0.05) is 0 Å². The molecule has 0 fully saturated rings. The topological polar surface area (TPSA) is 57.4 Å². The second kappa shape index (κ2) is 7.74. The molecule has 0 saturated heterocycles. The van der Waals surface area contributed by atoms with Gasteiger partial charge >= 0.3 is 0 Å². The Labute approximate surface area is 157 Å². The number of aromatic nitrogens is 2. The molecule has 0 aliphatic heterocycles. The molecule has 0 bridgehead atoms. The third-order valence-electron chi connectivity index (χ3n) is 4.13. The van der Waals surface area contributed by atoms with Crippen molar-refractivity contribution in [1.29, 1.82) is 0 Å². The summed E-state index contributed by atoms with van der Waals surface area (Å²) < 4.78 is 16.8. The molecule has 1 heterocycles. The zero-order valence-corrected chi connectivity index (χ0v) is 14.8. The average molecular weight is 358 g/mol. The van der Waals surface area contributed by atoms with Crippen LogP contribution < -0.4 is 9.47 Å². The lowest BCUT2D eigenvalue weighted by atomic mass is 10.1.